The number of fused-ring (bicyclic) bond motifs is 1. The fraction of sp³-hybridized carbons (Fsp3) is 0.133. The number of nitrogens with one attached hydrogen (secondary N) is 1. The summed E-state index contributed by atoms with van der Waals surface area (Å²) in [6.07, 6.45) is 0. The molecule has 3 rings (SSSR count). The van der Waals surface area contributed by atoms with E-state index in [4.69, 9.17) is 5.11 Å². The molecule has 1 heterocycles. The van der Waals surface area contributed by atoms with E-state index in [1.54, 1.807) is 30.3 Å². The standard InChI is InChI=1S/C8H9N.C7H6O2/c1-2-4-8-6-9-5-7(8)3-1;8-7(9)6-4-2-1-3-5-6/h1-4,9H,5-6H2;1-5H,(H,8,9). The van der Waals surface area contributed by atoms with E-state index in [9.17, 15) is 4.79 Å². The van der Waals surface area contributed by atoms with Crippen LogP contribution in [0.3, 0.4) is 0 Å². The van der Waals surface area contributed by atoms with E-state index in [0.29, 0.717) is 5.56 Å². The van der Waals surface area contributed by atoms with Crippen LogP contribution in [-0.2, 0) is 13.1 Å². The lowest BCUT2D eigenvalue weighted by molar-refractivity contribution is 0.0697. The summed E-state index contributed by atoms with van der Waals surface area (Å²) in [6.45, 7) is 2.10. The first kappa shape index (κ1) is 12.3. The van der Waals surface area contributed by atoms with Crippen molar-refractivity contribution in [1.82, 2.24) is 5.32 Å². The fourth-order valence-corrected chi connectivity index (χ4v) is 1.81. The summed E-state index contributed by atoms with van der Waals surface area (Å²) < 4.78 is 0. The number of carbonyl (C=O) groups is 1. The number of carboxylic acids is 1. The van der Waals surface area contributed by atoms with Crippen molar-refractivity contribution in [2.24, 2.45) is 0 Å². The molecule has 0 bridgehead atoms. The van der Waals surface area contributed by atoms with E-state index < -0.39 is 5.97 Å². The van der Waals surface area contributed by atoms with Crippen LogP contribution in [0.4, 0.5) is 0 Å². The average Bonchev–Trinajstić information content (AvgIpc) is 2.89. The second-order valence-corrected chi connectivity index (χ2v) is 4.04. The van der Waals surface area contributed by atoms with Crippen molar-refractivity contribution in [3.63, 3.8) is 0 Å². The van der Waals surface area contributed by atoms with Crippen LogP contribution in [0.1, 0.15) is 21.5 Å². The largest absolute Gasteiger partial charge is 0.478 e. The molecule has 0 saturated carbocycles. The van der Waals surface area contributed by atoms with Gasteiger partial charge in [0.1, 0.15) is 0 Å². The first-order chi connectivity index (χ1) is 8.77. The van der Waals surface area contributed by atoms with Gasteiger partial charge in [0.05, 0.1) is 5.56 Å². The van der Waals surface area contributed by atoms with Crippen LogP contribution in [-0.4, -0.2) is 11.1 Å². The van der Waals surface area contributed by atoms with Crippen LogP contribution in [0.2, 0.25) is 0 Å². The van der Waals surface area contributed by atoms with Crippen LogP contribution < -0.4 is 5.32 Å². The van der Waals surface area contributed by atoms with Gasteiger partial charge in [0, 0.05) is 13.1 Å². The molecular formula is C15H15NO2. The van der Waals surface area contributed by atoms with Crippen LogP contribution in [0.5, 0.6) is 0 Å². The van der Waals surface area contributed by atoms with Gasteiger partial charge in [-0.1, -0.05) is 42.5 Å². The minimum Gasteiger partial charge on any atom is -0.478 e. The van der Waals surface area contributed by atoms with E-state index in [1.165, 1.54) is 11.1 Å². The minimum absolute atomic E-state index is 0.331. The molecule has 0 amide bonds. The van der Waals surface area contributed by atoms with Crippen LogP contribution >= 0.6 is 0 Å². The van der Waals surface area contributed by atoms with Crippen LogP contribution in [0, 0.1) is 0 Å². The predicted octanol–water partition coefficient (Wildman–Crippen LogP) is 2.67. The zero-order valence-corrected chi connectivity index (χ0v) is 9.97. The number of carboxylic acid groups (broad SMARTS) is 1. The highest BCUT2D eigenvalue weighted by molar-refractivity contribution is 5.87. The second-order valence-electron chi connectivity index (χ2n) is 4.04. The lowest BCUT2D eigenvalue weighted by Crippen LogP contribution is -1.99. The van der Waals surface area contributed by atoms with Gasteiger partial charge in [-0.25, -0.2) is 4.79 Å². The summed E-state index contributed by atoms with van der Waals surface area (Å²) in [5, 5.41) is 11.7. The molecule has 3 nitrogen and oxygen atoms in total. The normalized spacial score (nSPS) is 12.2. The molecule has 0 spiro atoms. The lowest BCUT2D eigenvalue weighted by Gasteiger charge is -1.91. The Hall–Kier alpha value is -2.13. The Morgan fingerprint density at radius 3 is 1.83 bits per heavy atom. The lowest BCUT2D eigenvalue weighted by atomic mass is 10.1. The van der Waals surface area contributed by atoms with E-state index in [2.05, 4.69) is 29.6 Å². The summed E-state index contributed by atoms with van der Waals surface area (Å²) in [5.74, 6) is -0.879. The van der Waals surface area contributed by atoms with Gasteiger partial charge in [0.15, 0.2) is 0 Å². The van der Waals surface area contributed by atoms with E-state index in [0.717, 1.165) is 13.1 Å². The zero-order chi connectivity index (χ0) is 12.8. The summed E-state index contributed by atoms with van der Waals surface area (Å²) in [5.41, 5.74) is 3.24. The number of hydrogen-bond donors (Lipinski definition) is 2. The first-order valence-corrected chi connectivity index (χ1v) is 5.83. The quantitative estimate of drug-likeness (QED) is 0.807. The zero-order valence-electron chi connectivity index (χ0n) is 9.97. The third-order valence-electron chi connectivity index (χ3n) is 2.77. The smallest absolute Gasteiger partial charge is 0.335 e. The van der Waals surface area contributed by atoms with Gasteiger partial charge >= 0.3 is 5.97 Å². The maximum Gasteiger partial charge on any atom is 0.335 e. The maximum atomic E-state index is 10.2. The number of aromatic carboxylic acids is 1. The minimum atomic E-state index is -0.879. The number of benzene rings is 2. The molecule has 92 valence electrons. The summed E-state index contributed by atoms with van der Waals surface area (Å²) in [4.78, 5) is 10.2. The Labute approximate surface area is 106 Å². The van der Waals surface area contributed by atoms with Crippen molar-refractivity contribution in [3.8, 4) is 0 Å². The molecule has 0 radical (unpaired) electrons. The molecule has 2 aromatic rings. The number of hydrogen-bond acceptors (Lipinski definition) is 2. The molecule has 0 aromatic heterocycles. The van der Waals surface area contributed by atoms with Gasteiger partial charge in [0.2, 0.25) is 0 Å². The topological polar surface area (TPSA) is 49.3 Å². The summed E-state index contributed by atoms with van der Waals surface area (Å²) in [7, 11) is 0. The molecule has 2 aromatic carbocycles. The van der Waals surface area contributed by atoms with Crippen molar-refractivity contribution >= 4 is 5.97 Å². The van der Waals surface area contributed by atoms with Crippen LogP contribution in [0.15, 0.2) is 54.6 Å². The van der Waals surface area contributed by atoms with Crippen molar-refractivity contribution in [2.45, 2.75) is 13.1 Å². The Kier molecular flexibility index (Phi) is 4.10. The maximum absolute atomic E-state index is 10.2. The third kappa shape index (κ3) is 3.18. The molecule has 18 heavy (non-hydrogen) atoms. The van der Waals surface area contributed by atoms with Crippen molar-refractivity contribution < 1.29 is 9.90 Å². The third-order valence-corrected chi connectivity index (χ3v) is 2.77. The van der Waals surface area contributed by atoms with Gasteiger partial charge in [0.25, 0.3) is 0 Å². The van der Waals surface area contributed by atoms with Crippen molar-refractivity contribution in [3.05, 3.63) is 71.3 Å². The SMILES string of the molecule is O=C(O)c1ccccc1.c1ccc2c(c1)CNC2. The Morgan fingerprint density at radius 2 is 1.39 bits per heavy atom. The van der Waals surface area contributed by atoms with Gasteiger partial charge in [-0.05, 0) is 23.3 Å². The highest BCUT2D eigenvalue weighted by atomic mass is 16.4. The molecular weight excluding hydrogens is 226 g/mol. The predicted molar refractivity (Wildman–Crippen MR) is 70.4 cm³/mol. The van der Waals surface area contributed by atoms with Gasteiger partial charge in [-0.2, -0.15) is 0 Å². The summed E-state index contributed by atoms with van der Waals surface area (Å²) in [6, 6.07) is 16.8. The monoisotopic (exact) mass is 241 g/mol. The molecule has 0 atom stereocenters. The summed E-state index contributed by atoms with van der Waals surface area (Å²) >= 11 is 0. The van der Waals surface area contributed by atoms with Crippen molar-refractivity contribution in [1.29, 1.82) is 0 Å². The molecule has 1 aliphatic heterocycles. The average molecular weight is 241 g/mol. The highest BCUT2D eigenvalue weighted by Crippen LogP contribution is 2.12. The molecule has 1 aliphatic rings. The molecule has 0 saturated heterocycles. The number of rotatable bonds is 1. The molecule has 3 heteroatoms. The molecule has 0 unspecified atom stereocenters. The van der Waals surface area contributed by atoms with E-state index in [-0.39, 0.29) is 0 Å². The molecule has 0 aliphatic carbocycles. The Balaban J connectivity index is 0.000000134. The van der Waals surface area contributed by atoms with Crippen molar-refractivity contribution in [2.75, 3.05) is 0 Å². The van der Waals surface area contributed by atoms with Gasteiger partial charge in [-0.3, -0.25) is 0 Å². The molecule has 2 N–H and O–H groups in total. The Bertz CT molecular complexity index is 500. The fourth-order valence-electron chi connectivity index (χ4n) is 1.81. The second kappa shape index (κ2) is 5.98. The van der Waals surface area contributed by atoms with E-state index in [1.807, 2.05) is 0 Å². The first-order valence-electron chi connectivity index (χ1n) is 5.83. The van der Waals surface area contributed by atoms with E-state index >= 15 is 0 Å². The van der Waals surface area contributed by atoms with Crippen LogP contribution in [0.25, 0.3) is 0 Å². The molecule has 0 fully saturated rings. The Morgan fingerprint density at radius 1 is 0.889 bits per heavy atom. The highest BCUT2D eigenvalue weighted by Gasteiger charge is 2.06. The van der Waals surface area contributed by atoms with Gasteiger partial charge in [-0.15, -0.1) is 0 Å². The van der Waals surface area contributed by atoms with Gasteiger partial charge < -0.3 is 10.4 Å².